The highest BCUT2D eigenvalue weighted by Crippen LogP contribution is 2.55. The van der Waals surface area contributed by atoms with Gasteiger partial charge in [0.25, 0.3) is 0 Å². The van der Waals surface area contributed by atoms with Crippen molar-refractivity contribution < 1.29 is 38.2 Å². The van der Waals surface area contributed by atoms with Crippen LogP contribution >= 0.6 is 19.0 Å². The lowest BCUT2D eigenvalue weighted by atomic mass is 10.1. The number of thioether (sulfide) groups is 1. The highest BCUT2D eigenvalue weighted by Gasteiger charge is 2.45. The summed E-state index contributed by atoms with van der Waals surface area (Å²) in [5.41, 5.74) is 5.73. The number of hydrogen-bond donors (Lipinski definition) is 3. The van der Waals surface area contributed by atoms with Gasteiger partial charge in [-0.1, -0.05) is 54.6 Å². The average Bonchev–Trinajstić information content (AvgIpc) is 3.45. The maximum Gasteiger partial charge on any atom is 0.325 e. The van der Waals surface area contributed by atoms with E-state index in [9.17, 15) is 28.8 Å². The number of unbranched alkanes of at least 4 members (excludes halogenated alkanes) is 1. The number of ether oxygens (including phenoxy) is 2. The number of imide groups is 1. The highest BCUT2D eigenvalue weighted by atomic mass is 32.2. The van der Waals surface area contributed by atoms with Gasteiger partial charge in [-0.15, -0.1) is 11.8 Å². The second kappa shape index (κ2) is 19.9. The van der Waals surface area contributed by atoms with E-state index in [1.54, 1.807) is 0 Å². The largest absolute Gasteiger partial charge is 0.468 e. The predicted octanol–water partition coefficient (Wildman–Crippen LogP) is 1.68. The Morgan fingerprint density at radius 3 is 1.94 bits per heavy atom. The van der Waals surface area contributed by atoms with E-state index in [1.807, 2.05) is 18.2 Å². The van der Waals surface area contributed by atoms with Gasteiger partial charge in [0.15, 0.2) is 0 Å². The number of likely N-dealkylation sites (tertiary alicyclic amines) is 1. The molecular weight excluding hydrogens is 703 g/mol. The van der Waals surface area contributed by atoms with Crippen LogP contribution in [0.2, 0.25) is 0 Å². The van der Waals surface area contributed by atoms with Crippen LogP contribution in [-0.2, 0) is 38.2 Å². The van der Waals surface area contributed by atoms with E-state index in [-0.39, 0.29) is 43.4 Å². The number of hydrogen-bond acceptors (Lipinski definition) is 10. The smallest absolute Gasteiger partial charge is 0.325 e. The molecule has 3 aromatic rings. The summed E-state index contributed by atoms with van der Waals surface area (Å²) >= 11 is 1.09. The first-order valence-corrected chi connectivity index (χ1v) is 20.1. The van der Waals surface area contributed by atoms with Gasteiger partial charge < -0.3 is 25.8 Å². The van der Waals surface area contributed by atoms with Gasteiger partial charge in [-0.2, -0.15) is 0 Å². The van der Waals surface area contributed by atoms with Crippen molar-refractivity contribution >= 4 is 70.5 Å². The molecule has 12 nitrogen and oxygen atoms in total. The molecule has 52 heavy (non-hydrogen) atoms. The zero-order valence-electron chi connectivity index (χ0n) is 29.4. The summed E-state index contributed by atoms with van der Waals surface area (Å²) in [6.45, 7) is -0.149. The minimum atomic E-state index is -2.06. The van der Waals surface area contributed by atoms with E-state index in [0.717, 1.165) is 24.3 Å². The van der Waals surface area contributed by atoms with Crippen molar-refractivity contribution in [2.24, 2.45) is 5.73 Å². The maximum absolute atomic E-state index is 13.5. The van der Waals surface area contributed by atoms with Crippen LogP contribution in [0, 0.1) is 0 Å². The Morgan fingerprint density at radius 2 is 1.42 bits per heavy atom. The Bertz CT molecular complexity index is 1590. The lowest BCUT2D eigenvalue weighted by Crippen LogP contribution is -2.50. The number of nitrogens with two attached hydrogens (primary N) is 1. The van der Waals surface area contributed by atoms with Gasteiger partial charge in [-0.05, 0) is 55.7 Å². The van der Waals surface area contributed by atoms with Crippen LogP contribution in [0.1, 0.15) is 32.1 Å². The molecule has 0 spiro atoms. The fourth-order valence-corrected chi connectivity index (χ4v) is 11.7. The SMILES string of the molecule is COC(=O)CNC(=O)[C@H](CSC1CC(=O)N(CCCC[P+](c2ccccc2)(c2ccccc2)c2ccccc2)C1=O)NC(=O)CC[C@H](N)C(=O)OC. The molecule has 4 N–H and O–H groups in total. The van der Waals surface area contributed by atoms with Crippen LogP contribution in [0.25, 0.3) is 0 Å². The molecule has 0 bridgehead atoms. The van der Waals surface area contributed by atoms with Gasteiger partial charge in [-0.3, -0.25) is 33.7 Å². The molecule has 1 heterocycles. The minimum Gasteiger partial charge on any atom is -0.468 e. The van der Waals surface area contributed by atoms with E-state index < -0.39 is 54.9 Å². The molecule has 3 atom stereocenters. The van der Waals surface area contributed by atoms with Crippen LogP contribution in [0.15, 0.2) is 91.0 Å². The first-order valence-electron chi connectivity index (χ1n) is 17.1. The van der Waals surface area contributed by atoms with E-state index in [4.69, 9.17) is 5.73 Å². The Labute approximate surface area is 308 Å². The highest BCUT2D eigenvalue weighted by molar-refractivity contribution is 8.00. The number of carbonyl (C=O) groups is 6. The number of benzene rings is 3. The van der Waals surface area contributed by atoms with Crippen LogP contribution < -0.4 is 32.3 Å². The number of nitrogens with one attached hydrogen (secondary N) is 2. The molecule has 0 saturated carbocycles. The standard InChI is InChI=1S/C38H45N4O8PS/c1-49-35(45)25-40-36(46)31(41-33(43)21-20-30(39)38(48)50-2)26-52-32-24-34(44)42(37(32)47)22-12-13-23-51(27-14-6-3-7-15-27,28-16-8-4-9-17-28)29-18-10-5-11-19-29/h3-11,14-19,30-32H,12-13,20-26,39H2,1-2H3,(H-,40,41,43,46)/p+1/t30-,31-,32?/m0/s1. The number of rotatable bonds is 19. The van der Waals surface area contributed by atoms with Gasteiger partial charge in [0.2, 0.25) is 23.6 Å². The van der Waals surface area contributed by atoms with Crippen LogP contribution in [-0.4, -0.2) is 97.0 Å². The molecule has 0 radical (unpaired) electrons. The zero-order chi connectivity index (χ0) is 37.5. The van der Waals surface area contributed by atoms with Crippen LogP contribution in [0.3, 0.4) is 0 Å². The molecule has 0 aromatic heterocycles. The van der Waals surface area contributed by atoms with Crippen molar-refractivity contribution in [1.82, 2.24) is 15.5 Å². The average molecular weight is 750 g/mol. The second-order valence-electron chi connectivity index (χ2n) is 12.2. The third-order valence-electron chi connectivity index (χ3n) is 8.86. The molecule has 1 fully saturated rings. The number of nitrogens with zero attached hydrogens (tertiary/aromatic N) is 1. The minimum absolute atomic E-state index is 0.0160. The first-order chi connectivity index (χ1) is 25.1. The fraction of sp³-hybridized carbons (Fsp3) is 0.368. The van der Waals surface area contributed by atoms with Crippen LogP contribution in [0.4, 0.5) is 0 Å². The molecule has 4 rings (SSSR count). The van der Waals surface area contributed by atoms with Gasteiger partial charge in [0, 0.05) is 25.1 Å². The molecule has 276 valence electrons. The van der Waals surface area contributed by atoms with E-state index in [2.05, 4.69) is 92.9 Å². The molecule has 1 aliphatic heterocycles. The third kappa shape index (κ3) is 10.5. The van der Waals surface area contributed by atoms with E-state index in [0.29, 0.717) is 6.42 Å². The molecule has 3 aromatic carbocycles. The van der Waals surface area contributed by atoms with Crippen molar-refractivity contribution in [2.75, 3.05) is 39.2 Å². The summed E-state index contributed by atoms with van der Waals surface area (Å²) in [5.74, 6) is -3.25. The van der Waals surface area contributed by atoms with Gasteiger partial charge >= 0.3 is 11.9 Å². The molecule has 1 aliphatic rings. The Kier molecular flexibility index (Phi) is 15.4. The number of amides is 4. The van der Waals surface area contributed by atoms with Gasteiger partial charge in [0.1, 0.15) is 41.8 Å². The second-order valence-corrected chi connectivity index (χ2v) is 17.1. The fourth-order valence-electron chi connectivity index (χ4n) is 6.09. The molecule has 14 heteroatoms. The molecular formula is C38H46N4O8PS+. The molecule has 0 aliphatic carbocycles. The predicted molar refractivity (Wildman–Crippen MR) is 203 cm³/mol. The van der Waals surface area contributed by atoms with E-state index >= 15 is 0 Å². The summed E-state index contributed by atoms with van der Waals surface area (Å²) in [6.07, 6.45) is 2.03. The maximum atomic E-state index is 13.5. The first kappa shape index (κ1) is 40.2. The Balaban J connectivity index is 1.40. The monoisotopic (exact) mass is 749 g/mol. The Morgan fingerprint density at radius 1 is 0.865 bits per heavy atom. The number of carbonyl (C=O) groups excluding carboxylic acids is 6. The molecule has 1 unspecified atom stereocenters. The summed E-state index contributed by atoms with van der Waals surface area (Å²) in [5, 5.41) is 8.06. The van der Waals surface area contributed by atoms with Gasteiger partial charge in [-0.25, -0.2) is 0 Å². The lowest BCUT2D eigenvalue weighted by molar-refractivity contribution is -0.142. The van der Waals surface area contributed by atoms with Crippen molar-refractivity contribution in [3.05, 3.63) is 91.0 Å². The van der Waals surface area contributed by atoms with Crippen LogP contribution in [0.5, 0.6) is 0 Å². The number of esters is 2. The third-order valence-corrected chi connectivity index (χ3v) is 14.7. The summed E-state index contributed by atoms with van der Waals surface area (Å²) in [6, 6.07) is 29.4. The summed E-state index contributed by atoms with van der Waals surface area (Å²) in [4.78, 5) is 76.8. The van der Waals surface area contributed by atoms with Crippen molar-refractivity contribution in [3.63, 3.8) is 0 Å². The quantitative estimate of drug-likeness (QED) is 0.0709. The van der Waals surface area contributed by atoms with Crippen molar-refractivity contribution in [2.45, 2.75) is 49.4 Å². The number of methoxy groups -OCH3 is 2. The molecule has 1 saturated heterocycles. The van der Waals surface area contributed by atoms with Crippen molar-refractivity contribution in [1.29, 1.82) is 0 Å². The zero-order valence-corrected chi connectivity index (χ0v) is 31.1. The summed E-state index contributed by atoms with van der Waals surface area (Å²) < 4.78 is 9.16. The normalized spacial score (nSPS) is 15.4. The topological polar surface area (TPSA) is 174 Å². The van der Waals surface area contributed by atoms with Crippen molar-refractivity contribution in [3.8, 4) is 0 Å². The summed E-state index contributed by atoms with van der Waals surface area (Å²) in [7, 11) is 0.309. The van der Waals surface area contributed by atoms with E-state index in [1.165, 1.54) is 35.0 Å². The lowest BCUT2D eigenvalue weighted by Gasteiger charge is -2.28. The Hall–Kier alpha value is -4.58. The van der Waals surface area contributed by atoms with Gasteiger partial charge in [0.05, 0.1) is 25.6 Å². The molecule has 4 amide bonds.